The van der Waals surface area contributed by atoms with Crippen molar-refractivity contribution in [3.8, 4) is 0 Å². The lowest BCUT2D eigenvalue weighted by molar-refractivity contribution is -0.138. The van der Waals surface area contributed by atoms with Gasteiger partial charge in [-0.3, -0.25) is 23.9 Å². The van der Waals surface area contributed by atoms with E-state index in [4.69, 9.17) is 128 Å². The molecule has 12 aromatic carbocycles. The second-order valence-electron chi connectivity index (χ2n) is 34.0. The molecule has 4 amide bonds. The molecule has 5 fully saturated rings. The second kappa shape index (κ2) is 43.8. The summed E-state index contributed by atoms with van der Waals surface area (Å²) >= 11 is 69.6. The third-order valence-corrected chi connectivity index (χ3v) is 28.2. The van der Waals surface area contributed by atoms with Gasteiger partial charge in [0.25, 0.3) is 5.91 Å². The molecule has 17 rings (SSSR count). The van der Waals surface area contributed by atoms with E-state index in [1.807, 2.05) is 195 Å². The Labute approximate surface area is 833 Å². The van der Waals surface area contributed by atoms with Crippen LogP contribution in [-0.4, -0.2) is 136 Å². The monoisotopic (exact) mass is 2050 g/mol. The number of rotatable bonds is 17. The number of aryl methyl sites for hydroxylation is 4. The van der Waals surface area contributed by atoms with E-state index in [0.29, 0.717) is 140 Å². The number of halogens is 15. The third kappa shape index (κ3) is 25.0. The number of alkyl halides is 3. The van der Waals surface area contributed by atoms with Crippen LogP contribution in [0.5, 0.6) is 0 Å². The van der Waals surface area contributed by atoms with Crippen molar-refractivity contribution in [2.24, 2.45) is 0 Å². The zero-order valence-corrected chi connectivity index (χ0v) is 82.6. The van der Waals surface area contributed by atoms with E-state index >= 15 is 0 Å². The first kappa shape index (κ1) is 100. The maximum Gasteiger partial charge on any atom is 0.416 e. The summed E-state index contributed by atoms with van der Waals surface area (Å²) in [5.41, 5.74) is 13.4. The van der Waals surface area contributed by atoms with Gasteiger partial charge in [-0.1, -0.05) is 225 Å². The number of nitrogens with one attached hydrogen (secondary N) is 1. The fraction of sp³-hybridized carbons (Fsp3) is 0.262. The van der Waals surface area contributed by atoms with Gasteiger partial charge in [-0.25, -0.2) is 12.8 Å². The van der Waals surface area contributed by atoms with Crippen molar-refractivity contribution in [2.75, 3.05) is 109 Å². The number of nitrogens with zero attached hydrogens (tertiary/aromatic N) is 8. The lowest BCUT2D eigenvalue weighted by atomic mass is 9.92. The number of carbonyl (C=O) groups is 4. The molecule has 12 aromatic rings. The summed E-state index contributed by atoms with van der Waals surface area (Å²) in [7, 11) is -3.35. The van der Waals surface area contributed by atoms with Gasteiger partial charge >= 0.3 is 6.18 Å². The highest BCUT2D eigenvalue weighted by Crippen LogP contribution is 2.53. The van der Waals surface area contributed by atoms with Gasteiger partial charge in [-0.2, -0.15) is 13.2 Å². The number of piperazine rings is 4. The molecule has 4 atom stereocenters. The van der Waals surface area contributed by atoms with Crippen molar-refractivity contribution < 1.29 is 45.2 Å². The van der Waals surface area contributed by atoms with Crippen LogP contribution < -0.4 is 24.3 Å². The Balaban J connectivity index is 0.000000144. The molecule has 4 unspecified atom stereocenters. The number of benzene rings is 12. The molecule has 1 saturated carbocycles. The van der Waals surface area contributed by atoms with Crippen LogP contribution in [0.4, 0.5) is 46.0 Å². The number of carbonyl (C=O) groups excluding carboxylic acids is 4. The van der Waals surface area contributed by atoms with E-state index < -0.39 is 33.0 Å². The predicted octanol–water partition coefficient (Wildman–Crippen LogP) is 26.8. The van der Waals surface area contributed by atoms with Gasteiger partial charge in [0.05, 0.1) is 97.1 Å². The van der Waals surface area contributed by atoms with Crippen LogP contribution in [0.15, 0.2) is 255 Å². The van der Waals surface area contributed by atoms with Crippen LogP contribution in [0.25, 0.3) is 0 Å². The average molecular weight is 2050 g/mol. The Morgan fingerprint density at radius 2 is 0.746 bits per heavy atom. The van der Waals surface area contributed by atoms with Gasteiger partial charge in [-0.05, 0) is 259 Å². The van der Waals surface area contributed by atoms with E-state index in [-0.39, 0.29) is 71.2 Å². The first-order valence-electron chi connectivity index (χ1n) is 43.2. The van der Waals surface area contributed by atoms with E-state index in [2.05, 4.69) is 36.5 Å². The average Bonchev–Trinajstić information content (AvgIpc) is 1.57. The highest BCUT2D eigenvalue weighted by molar-refractivity contribution is 7.92. The van der Waals surface area contributed by atoms with Gasteiger partial charge < -0.3 is 39.2 Å². The summed E-state index contributed by atoms with van der Waals surface area (Å²) < 4.78 is 78.4. The molecule has 134 heavy (non-hydrogen) atoms. The number of hydrogen-bond acceptors (Lipinski definition) is 10. The van der Waals surface area contributed by atoms with Crippen LogP contribution in [0.3, 0.4) is 0 Å². The van der Waals surface area contributed by atoms with Crippen molar-refractivity contribution in [3.05, 3.63) is 388 Å². The maximum atomic E-state index is 13.9. The minimum atomic E-state index is -4.51. The normalized spacial score (nSPS) is 17.2. The van der Waals surface area contributed by atoms with Crippen molar-refractivity contribution in [1.29, 1.82) is 0 Å². The Morgan fingerprint density at radius 3 is 1.11 bits per heavy atom. The second-order valence-corrected chi connectivity index (χ2v) is 40.4. The largest absolute Gasteiger partial charge is 0.416 e. The molecule has 4 aliphatic heterocycles. The summed E-state index contributed by atoms with van der Waals surface area (Å²) in [6.45, 7) is 14.4. The summed E-state index contributed by atoms with van der Waals surface area (Å²) in [6.07, 6.45) is -1.81. The summed E-state index contributed by atoms with van der Waals surface area (Å²) in [6, 6.07) is 75.2. The molecule has 0 aromatic heterocycles. The zero-order valence-electron chi connectivity index (χ0n) is 73.5. The molecular weight excluding hydrogens is 1960 g/mol. The van der Waals surface area contributed by atoms with Gasteiger partial charge in [-0.15, -0.1) is 0 Å². The molecular formula is C103H94Cl11F4N9O6S. The fourth-order valence-electron chi connectivity index (χ4n) is 17.4. The molecule has 1 N–H and O–H groups in total. The van der Waals surface area contributed by atoms with Crippen LogP contribution in [0, 0.1) is 33.5 Å². The Kier molecular flexibility index (Phi) is 32.8. The molecule has 0 spiro atoms. The molecule has 31 heteroatoms. The summed E-state index contributed by atoms with van der Waals surface area (Å²) in [5, 5.41) is 6.54. The van der Waals surface area contributed by atoms with Gasteiger partial charge in [0.1, 0.15) is 5.82 Å². The van der Waals surface area contributed by atoms with Crippen molar-refractivity contribution >= 4 is 190 Å². The first-order valence-corrected chi connectivity index (χ1v) is 49.3. The summed E-state index contributed by atoms with van der Waals surface area (Å²) in [5.74, 6) is -0.740. The number of amides is 4. The smallest absolute Gasteiger partial charge is 0.360 e. The van der Waals surface area contributed by atoms with Gasteiger partial charge in [0.15, 0.2) is 0 Å². The first-order chi connectivity index (χ1) is 63.8. The lowest BCUT2D eigenvalue weighted by Gasteiger charge is -2.44. The highest BCUT2D eigenvalue weighted by Gasteiger charge is 2.55. The van der Waals surface area contributed by atoms with Crippen LogP contribution in [0.1, 0.15) is 114 Å². The van der Waals surface area contributed by atoms with E-state index in [0.717, 1.165) is 110 Å². The van der Waals surface area contributed by atoms with E-state index in [1.54, 1.807) is 64.4 Å². The predicted molar refractivity (Wildman–Crippen MR) is 539 cm³/mol. The zero-order chi connectivity index (χ0) is 95.8. The minimum Gasteiger partial charge on any atom is -0.360 e. The van der Waals surface area contributed by atoms with Gasteiger partial charge in [0.2, 0.25) is 27.7 Å². The molecule has 4 saturated heterocycles. The quantitative estimate of drug-likeness (QED) is 0.0876. The van der Waals surface area contributed by atoms with Crippen LogP contribution >= 0.6 is 128 Å². The maximum absolute atomic E-state index is 13.9. The van der Waals surface area contributed by atoms with Crippen LogP contribution in [-0.2, 0) is 48.8 Å². The van der Waals surface area contributed by atoms with Crippen LogP contribution in [0.2, 0.25) is 55.2 Å². The standard InChI is InChI=1S/C27H24Cl4N2O.C26H22Cl3F3N2O.C26H27Cl2N3O3S.C24H21Cl2FN2O/c1-17-2-9-24(23(31)14-17)33-13-12-32(16-25(33)18-3-5-19(28)6-4-18)26(34)27(10-11-27)21-8-7-20(29)15-22(21)30;1-16-2-9-23(22(29)12-16)34-11-10-33(15-24(34)17-3-6-20(27)7-4-17)25(35)14-18-13-19(26(30,31)32)5-8-21(18)28;1-18-3-12-24(23(28)15-18)31-14-13-30(17-25(31)20-6-8-21(27)9-7-20)26(32)16-19-4-10-22(11-5-19)29-35(2,33)34;1-16-5-10-22(21(26)13-16)29-12-11-28(24(30)18-3-2-4-20(27)14-18)15-23(29)17-6-8-19(25)9-7-17/h2-9,14-15,25H,10-13,16H2,1H3;2-9,12-13,24H,10-11,14-15H2,1H3;3-12,15,25,29H,13-14,16-17H2,1-2H3;2-10,13-14,23H,11-12,15H2,1H3. The highest BCUT2D eigenvalue weighted by atomic mass is 35.5. The minimum absolute atomic E-state index is 0.0161. The molecule has 4 heterocycles. The van der Waals surface area contributed by atoms with Crippen molar-refractivity contribution in [3.63, 3.8) is 0 Å². The van der Waals surface area contributed by atoms with Crippen molar-refractivity contribution in [2.45, 2.75) is 89.1 Å². The number of anilines is 5. The molecule has 0 bridgehead atoms. The summed E-state index contributed by atoms with van der Waals surface area (Å²) in [4.78, 5) is 69.5. The topological polar surface area (TPSA) is 140 Å². The lowest BCUT2D eigenvalue weighted by Crippen LogP contribution is -2.53. The molecule has 15 nitrogen and oxygen atoms in total. The third-order valence-electron chi connectivity index (χ3n) is 24.5. The van der Waals surface area contributed by atoms with E-state index in [9.17, 15) is 45.2 Å². The number of sulfonamides is 1. The SMILES string of the molecule is Cc1ccc(N2CCN(C(=O)C3(c4ccc(Cl)cc4Cl)CC3)CC2c2ccc(Cl)cc2)c(Cl)c1.Cc1ccc(N2CCN(C(=O)Cc3cc(C(F)(F)F)ccc3Cl)CC2c2ccc(Cl)cc2)c(Cl)c1.Cc1ccc(N2CCN(C(=O)Cc3ccc(NS(C)(=O)=O)cc3)CC2c2ccc(Cl)cc2)c(Cl)c1.Cc1ccc(N2CCN(C(=O)c3cccc(F)c3)CC2c2ccc(Cl)cc2)c(Cl)c1. The number of hydrogen-bond donors (Lipinski definition) is 1. The molecule has 5 aliphatic rings. The molecule has 0 radical (unpaired) electrons. The fourth-order valence-corrected chi connectivity index (χ4v) is 20.6. The molecule has 1 aliphatic carbocycles. The Bertz CT molecular complexity index is 6390. The Hall–Kier alpha value is -9.62. The molecule has 698 valence electrons. The Morgan fingerprint density at radius 1 is 0.381 bits per heavy atom. The van der Waals surface area contributed by atoms with Gasteiger partial charge in [0, 0.05) is 125 Å². The van der Waals surface area contributed by atoms with E-state index in [1.165, 1.54) is 18.2 Å². The van der Waals surface area contributed by atoms with Crippen molar-refractivity contribution in [1.82, 2.24) is 19.6 Å².